The van der Waals surface area contributed by atoms with Gasteiger partial charge in [-0.1, -0.05) is 33.8 Å². The van der Waals surface area contributed by atoms with Crippen LogP contribution < -0.4 is 4.74 Å². The van der Waals surface area contributed by atoms with Gasteiger partial charge in [-0.3, -0.25) is 0 Å². The minimum atomic E-state index is 0.173. The smallest absolute Gasteiger partial charge is 0.217 e. The maximum Gasteiger partial charge on any atom is 0.217 e. The first kappa shape index (κ1) is 16.0. The van der Waals surface area contributed by atoms with Crippen LogP contribution >= 0.6 is 0 Å². The molecule has 0 radical (unpaired) electrons. The van der Waals surface area contributed by atoms with Crippen LogP contribution in [0.15, 0.2) is 12.1 Å². The number of ether oxygens (including phenoxy) is 1. The van der Waals surface area contributed by atoms with Crippen molar-refractivity contribution in [2.45, 2.75) is 78.7 Å². The van der Waals surface area contributed by atoms with E-state index in [-0.39, 0.29) is 6.10 Å². The molecule has 1 unspecified atom stereocenters. The molecule has 0 amide bonds. The monoisotopic (exact) mass is 263 g/mol. The van der Waals surface area contributed by atoms with E-state index < -0.39 is 0 Å². The highest BCUT2D eigenvalue weighted by Gasteiger charge is 2.16. The first-order valence-corrected chi connectivity index (χ1v) is 7.70. The first-order valence-electron chi connectivity index (χ1n) is 7.70. The molecule has 0 spiro atoms. The first-order chi connectivity index (χ1) is 9.03. The third-order valence-corrected chi connectivity index (χ3v) is 3.81. The van der Waals surface area contributed by atoms with Crippen LogP contribution in [0.5, 0.6) is 5.88 Å². The van der Waals surface area contributed by atoms with Crippen LogP contribution in [0.4, 0.5) is 0 Å². The van der Waals surface area contributed by atoms with E-state index in [1.165, 1.54) is 11.3 Å². The zero-order chi connectivity index (χ0) is 14.4. The molecule has 2 heteroatoms. The lowest BCUT2D eigenvalue weighted by molar-refractivity contribution is 0.227. The summed E-state index contributed by atoms with van der Waals surface area (Å²) in [6.07, 6.45) is 3.55. The summed E-state index contributed by atoms with van der Waals surface area (Å²) < 4.78 is 5.94. The molecule has 2 nitrogen and oxygen atoms in total. The molecule has 1 aromatic heterocycles. The zero-order valence-electron chi connectivity index (χ0n) is 13.4. The standard InChI is InChI=1S/C17H29NO/c1-7-13(6)15-10-11-16(14(8-2)9-3)18-17(15)19-12(4)5/h10-14H,7-9H2,1-6H3. The van der Waals surface area contributed by atoms with Gasteiger partial charge in [-0.2, -0.15) is 0 Å². The molecule has 1 rings (SSSR count). The molecule has 0 aliphatic carbocycles. The Morgan fingerprint density at radius 1 is 1.00 bits per heavy atom. The summed E-state index contributed by atoms with van der Waals surface area (Å²) >= 11 is 0. The van der Waals surface area contributed by atoms with Crippen molar-refractivity contribution < 1.29 is 4.74 Å². The number of aromatic nitrogens is 1. The van der Waals surface area contributed by atoms with Gasteiger partial charge in [-0.25, -0.2) is 4.98 Å². The fourth-order valence-electron chi connectivity index (χ4n) is 2.31. The molecule has 0 aliphatic rings. The average Bonchev–Trinajstić information content (AvgIpc) is 2.39. The number of hydrogen-bond donors (Lipinski definition) is 0. The summed E-state index contributed by atoms with van der Waals surface area (Å²) in [7, 11) is 0. The molecule has 0 aliphatic heterocycles. The van der Waals surface area contributed by atoms with E-state index in [1.807, 2.05) is 0 Å². The van der Waals surface area contributed by atoms with E-state index in [0.29, 0.717) is 11.8 Å². The van der Waals surface area contributed by atoms with E-state index in [2.05, 4.69) is 53.7 Å². The maximum absolute atomic E-state index is 5.94. The Morgan fingerprint density at radius 3 is 2.11 bits per heavy atom. The molecular weight excluding hydrogens is 234 g/mol. The van der Waals surface area contributed by atoms with Gasteiger partial charge in [0.05, 0.1) is 6.10 Å². The minimum absolute atomic E-state index is 0.173. The Bertz CT molecular complexity index is 383. The van der Waals surface area contributed by atoms with E-state index >= 15 is 0 Å². The van der Waals surface area contributed by atoms with Gasteiger partial charge < -0.3 is 4.74 Å². The summed E-state index contributed by atoms with van der Waals surface area (Å²) in [5, 5.41) is 0. The molecule has 1 atom stereocenters. The molecule has 0 fully saturated rings. The van der Waals surface area contributed by atoms with Crippen LogP contribution in [-0.4, -0.2) is 11.1 Å². The highest BCUT2D eigenvalue weighted by Crippen LogP contribution is 2.31. The van der Waals surface area contributed by atoms with Crippen LogP contribution in [0.3, 0.4) is 0 Å². The molecule has 1 aromatic rings. The SMILES string of the molecule is CCC(C)c1ccc(C(CC)CC)nc1OC(C)C. The number of hydrogen-bond acceptors (Lipinski definition) is 2. The van der Waals surface area contributed by atoms with Crippen molar-refractivity contribution in [1.29, 1.82) is 0 Å². The van der Waals surface area contributed by atoms with Crippen LogP contribution in [0.25, 0.3) is 0 Å². The molecule has 0 bridgehead atoms. The van der Waals surface area contributed by atoms with Gasteiger partial charge in [-0.05, 0) is 45.1 Å². The highest BCUT2D eigenvalue weighted by atomic mass is 16.5. The quantitative estimate of drug-likeness (QED) is 0.667. The Hall–Kier alpha value is -1.05. The predicted molar refractivity (Wildman–Crippen MR) is 82.0 cm³/mol. The Morgan fingerprint density at radius 2 is 1.63 bits per heavy atom. The van der Waals surface area contributed by atoms with Gasteiger partial charge in [0, 0.05) is 17.2 Å². The normalized spacial score (nSPS) is 13.1. The second-order valence-corrected chi connectivity index (χ2v) is 5.62. The van der Waals surface area contributed by atoms with E-state index in [4.69, 9.17) is 9.72 Å². The molecule has 19 heavy (non-hydrogen) atoms. The maximum atomic E-state index is 5.94. The van der Waals surface area contributed by atoms with Gasteiger partial charge in [0.1, 0.15) is 0 Å². The lowest BCUT2D eigenvalue weighted by atomic mass is 9.95. The van der Waals surface area contributed by atoms with Gasteiger partial charge in [-0.15, -0.1) is 0 Å². The summed E-state index contributed by atoms with van der Waals surface area (Å²) in [6.45, 7) is 13.0. The molecule has 0 saturated carbocycles. The molecule has 0 N–H and O–H groups in total. The molecule has 1 heterocycles. The van der Waals surface area contributed by atoms with Crippen molar-refractivity contribution in [3.05, 3.63) is 23.4 Å². The largest absolute Gasteiger partial charge is 0.475 e. The van der Waals surface area contributed by atoms with Crippen molar-refractivity contribution >= 4 is 0 Å². The van der Waals surface area contributed by atoms with E-state index in [0.717, 1.165) is 25.1 Å². The molecule has 0 aromatic carbocycles. The second-order valence-electron chi connectivity index (χ2n) is 5.62. The summed E-state index contributed by atoms with van der Waals surface area (Å²) in [5.74, 6) is 1.88. The van der Waals surface area contributed by atoms with Crippen molar-refractivity contribution in [3.63, 3.8) is 0 Å². The zero-order valence-corrected chi connectivity index (χ0v) is 13.4. The Kier molecular flexibility index (Phi) is 6.33. The third-order valence-electron chi connectivity index (χ3n) is 3.81. The summed E-state index contributed by atoms with van der Waals surface area (Å²) in [6, 6.07) is 4.40. The number of rotatable bonds is 7. The number of pyridine rings is 1. The highest BCUT2D eigenvalue weighted by molar-refractivity contribution is 5.32. The van der Waals surface area contributed by atoms with Crippen LogP contribution in [0, 0.1) is 0 Å². The molecular formula is C17H29NO. The van der Waals surface area contributed by atoms with Crippen molar-refractivity contribution in [1.82, 2.24) is 4.98 Å². The van der Waals surface area contributed by atoms with E-state index in [9.17, 15) is 0 Å². The lowest BCUT2D eigenvalue weighted by Crippen LogP contribution is -2.12. The van der Waals surface area contributed by atoms with Gasteiger partial charge >= 0.3 is 0 Å². The fraction of sp³-hybridized carbons (Fsp3) is 0.706. The minimum Gasteiger partial charge on any atom is -0.475 e. The Balaban J connectivity index is 3.14. The van der Waals surface area contributed by atoms with Crippen molar-refractivity contribution in [3.8, 4) is 5.88 Å². The third kappa shape index (κ3) is 4.22. The van der Waals surface area contributed by atoms with Crippen LogP contribution in [0.2, 0.25) is 0 Å². The van der Waals surface area contributed by atoms with Crippen molar-refractivity contribution in [2.75, 3.05) is 0 Å². The lowest BCUT2D eigenvalue weighted by Gasteiger charge is -2.20. The average molecular weight is 263 g/mol. The molecule has 108 valence electrons. The van der Waals surface area contributed by atoms with Crippen LogP contribution in [0.1, 0.15) is 83.9 Å². The Labute approximate surface area is 118 Å². The van der Waals surface area contributed by atoms with Crippen molar-refractivity contribution in [2.24, 2.45) is 0 Å². The summed E-state index contributed by atoms with van der Waals surface area (Å²) in [4.78, 5) is 4.80. The second kappa shape index (κ2) is 7.52. The predicted octanol–water partition coefficient (Wildman–Crippen LogP) is 5.29. The van der Waals surface area contributed by atoms with Gasteiger partial charge in [0.25, 0.3) is 0 Å². The topological polar surface area (TPSA) is 22.1 Å². The molecule has 0 saturated heterocycles. The van der Waals surface area contributed by atoms with Crippen LogP contribution in [-0.2, 0) is 0 Å². The fourth-order valence-corrected chi connectivity index (χ4v) is 2.31. The van der Waals surface area contributed by atoms with Gasteiger partial charge in [0.2, 0.25) is 5.88 Å². The van der Waals surface area contributed by atoms with Gasteiger partial charge in [0.15, 0.2) is 0 Å². The summed E-state index contributed by atoms with van der Waals surface area (Å²) in [5.41, 5.74) is 2.42. The number of nitrogens with zero attached hydrogens (tertiary/aromatic N) is 1. The van der Waals surface area contributed by atoms with E-state index in [1.54, 1.807) is 0 Å².